The van der Waals surface area contributed by atoms with Crippen molar-refractivity contribution in [2.24, 2.45) is 11.7 Å². The molecule has 164 valence electrons. The van der Waals surface area contributed by atoms with E-state index in [1.165, 1.54) is 5.56 Å². The van der Waals surface area contributed by atoms with Crippen LogP contribution in [-0.4, -0.2) is 32.7 Å². The molecule has 5 heteroatoms. The summed E-state index contributed by atoms with van der Waals surface area (Å²) in [6.45, 7) is 2.30. The van der Waals surface area contributed by atoms with Crippen LogP contribution >= 0.6 is 0 Å². The minimum absolute atomic E-state index is 0.0366. The number of benzene rings is 2. The molecule has 0 bridgehead atoms. The Morgan fingerprint density at radius 1 is 1.19 bits per heavy atom. The summed E-state index contributed by atoms with van der Waals surface area (Å²) < 4.78 is 16.6. The lowest BCUT2D eigenvalue weighted by atomic mass is 9.67. The first-order chi connectivity index (χ1) is 15.1. The quantitative estimate of drug-likeness (QED) is 0.509. The molecule has 2 aromatic carbocycles. The number of ketones is 1. The van der Waals surface area contributed by atoms with Crippen LogP contribution in [0.4, 0.5) is 0 Å². The summed E-state index contributed by atoms with van der Waals surface area (Å²) in [6.07, 6.45) is 7.33. The number of nitrogens with two attached hydrogens (primary N) is 1. The van der Waals surface area contributed by atoms with Gasteiger partial charge in [-0.15, -0.1) is 0 Å². The number of carbonyl (C=O) groups excluding carboxylic acids is 1. The van der Waals surface area contributed by atoms with Gasteiger partial charge in [0.05, 0.1) is 13.2 Å². The summed E-state index contributed by atoms with van der Waals surface area (Å²) in [7, 11) is 1.65. The molecule has 0 aromatic heterocycles. The molecule has 2 N–H and O–H groups in total. The van der Waals surface area contributed by atoms with Gasteiger partial charge in [0.25, 0.3) is 0 Å². The molecule has 1 aliphatic carbocycles. The lowest BCUT2D eigenvalue weighted by molar-refractivity contribution is -0.119. The Morgan fingerprint density at radius 3 is 2.81 bits per heavy atom. The van der Waals surface area contributed by atoms with Gasteiger partial charge in [-0.3, -0.25) is 4.79 Å². The molecule has 0 radical (unpaired) electrons. The number of methoxy groups -OCH3 is 1. The smallest absolute Gasteiger partial charge is 0.158 e. The number of allylic oxidation sites excluding steroid dienone is 1. The van der Waals surface area contributed by atoms with Crippen molar-refractivity contribution in [1.29, 1.82) is 0 Å². The monoisotopic (exact) mass is 421 g/mol. The van der Waals surface area contributed by atoms with Gasteiger partial charge in [-0.2, -0.15) is 0 Å². The van der Waals surface area contributed by atoms with Crippen LogP contribution in [0.25, 0.3) is 6.08 Å². The largest absolute Gasteiger partial charge is 0.492 e. The highest BCUT2D eigenvalue weighted by Gasteiger charge is 2.44. The average Bonchev–Trinajstić information content (AvgIpc) is 3.15. The number of hydrogen-bond donors (Lipinski definition) is 1. The van der Waals surface area contributed by atoms with Gasteiger partial charge in [0.15, 0.2) is 5.78 Å². The number of ether oxygens (including phenoxy) is 3. The first kappa shape index (κ1) is 21.6. The van der Waals surface area contributed by atoms with Gasteiger partial charge in [0.1, 0.15) is 18.1 Å². The molecule has 0 atom stereocenters. The van der Waals surface area contributed by atoms with E-state index in [1.54, 1.807) is 13.2 Å². The lowest BCUT2D eigenvalue weighted by Gasteiger charge is -2.35. The molecule has 5 nitrogen and oxygen atoms in total. The fourth-order valence-corrected chi connectivity index (χ4v) is 4.67. The second kappa shape index (κ2) is 9.67. The molecule has 0 unspecified atom stereocenters. The molecule has 1 fully saturated rings. The van der Waals surface area contributed by atoms with Crippen molar-refractivity contribution in [2.45, 2.75) is 37.6 Å². The highest BCUT2D eigenvalue weighted by atomic mass is 16.5. The van der Waals surface area contributed by atoms with Crippen molar-refractivity contribution >= 4 is 11.9 Å². The van der Waals surface area contributed by atoms with Gasteiger partial charge in [-0.05, 0) is 61.1 Å². The maximum absolute atomic E-state index is 12.8. The molecular formula is C26H31NO4. The lowest BCUT2D eigenvalue weighted by Crippen LogP contribution is -2.35. The zero-order valence-electron chi connectivity index (χ0n) is 18.1. The predicted molar refractivity (Wildman–Crippen MR) is 121 cm³/mol. The molecule has 1 aliphatic heterocycles. The number of hydrogen-bond acceptors (Lipinski definition) is 5. The van der Waals surface area contributed by atoms with Gasteiger partial charge in [-0.25, -0.2) is 0 Å². The van der Waals surface area contributed by atoms with Gasteiger partial charge in [0, 0.05) is 30.6 Å². The highest BCUT2D eigenvalue weighted by Crippen LogP contribution is 2.49. The first-order valence-electron chi connectivity index (χ1n) is 11.0. The molecule has 2 aromatic rings. The molecule has 31 heavy (non-hydrogen) atoms. The second-order valence-electron chi connectivity index (χ2n) is 8.53. The Balaban J connectivity index is 1.36. The van der Waals surface area contributed by atoms with E-state index in [0.29, 0.717) is 26.4 Å². The van der Waals surface area contributed by atoms with Crippen LogP contribution in [0.1, 0.15) is 42.4 Å². The number of carbonyl (C=O) groups is 1. The normalized spacial score (nSPS) is 22.5. The molecule has 0 saturated heterocycles. The zero-order valence-corrected chi connectivity index (χ0v) is 18.1. The van der Waals surface area contributed by atoms with Crippen molar-refractivity contribution in [1.82, 2.24) is 0 Å². The van der Waals surface area contributed by atoms with Crippen LogP contribution < -0.4 is 15.2 Å². The molecule has 1 spiro atoms. The standard InChI is InChI=1S/C26H31NO4/c1-29-13-14-30-22-4-2-3-19(15-22)5-7-24(28)21-9-11-26(12-10-21)18-31-25-8-6-20(17-27)16-23(25)26/h2-8,15-16,21H,9-14,17-18,27H2,1H3/b7-5+. The summed E-state index contributed by atoms with van der Waals surface area (Å²) in [4.78, 5) is 12.8. The molecule has 1 heterocycles. The molecular weight excluding hydrogens is 390 g/mol. The van der Waals surface area contributed by atoms with Crippen molar-refractivity contribution < 1.29 is 19.0 Å². The van der Waals surface area contributed by atoms with E-state index in [4.69, 9.17) is 19.9 Å². The summed E-state index contributed by atoms with van der Waals surface area (Å²) >= 11 is 0. The van der Waals surface area contributed by atoms with E-state index in [9.17, 15) is 4.79 Å². The Morgan fingerprint density at radius 2 is 2.03 bits per heavy atom. The molecule has 1 saturated carbocycles. The summed E-state index contributed by atoms with van der Waals surface area (Å²) in [5, 5.41) is 0. The maximum atomic E-state index is 12.8. The minimum atomic E-state index is 0.0366. The van der Waals surface area contributed by atoms with Crippen LogP contribution in [0.5, 0.6) is 11.5 Å². The Hall–Kier alpha value is -2.63. The average molecular weight is 422 g/mol. The third-order valence-electron chi connectivity index (χ3n) is 6.55. The maximum Gasteiger partial charge on any atom is 0.158 e. The highest BCUT2D eigenvalue weighted by molar-refractivity contribution is 5.95. The fourth-order valence-electron chi connectivity index (χ4n) is 4.67. The fraction of sp³-hybridized carbons (Fsp3) is 0.423. The third kappa shape index (κ3) is 4.83. The van der Waals surface area contributed by atoms with Crippen LogP contribution in [0, 0.1) is 5.92 Å². The van der Waals surface area contributed by atoms with E-state index in [0.717, 1.165) is 48.3 Å². The summed E-state index contributed by atoms with van der Waals surface area (Å²) in [5.74, 6) is 2.04. The topological polar surface area (TPSA) is 70.8 Å². The van der Waals surface area contributed by atoms with Crippen LogP contribution in [0.15, 0.2) is 48.5 Å². The molecule has 2 aliphatic rings. The van der Waals surface area contributed by atoms with E-state index < -0.39 is 0 Å². The van der Waals surface area contributed by atoms with E-state index in [-0.39, 0.29) is 17.1 Å². The molecule has 4 rings (SSSR count). The van der Waals surface area contributed by atoms with Crippen molar-refractivity contribution in [3.8, 4) is 11.5 Å². The van der Waals surface area contributed by atoms with Crippen molar-refractivity contribution in [3.05, 3.63) is 65.2 Å². The third-order valence-corrected chi connectivity index (χ3v) is 6.55. The predicted octanol–water partition coefficient (Wildman–Crippen LogP) is 4.27. The van der Waals surface area contributed by atoms with Gasteiger partial charge < -0.3 is 19.9 Å². The Labute approximate surface area is 184 Å². The van der Waals surface area contributed by atoms with Crippen LogP contribution in [0.3, 0.4) is 0 Å². The van der Waals surface area contributed by atoms with Crippen molar-refractivity contribution in [2.75, 3.05) is 26.9 Å². The van der Waals surface area contributed by atoms with Crippen molar-refractivity contribution in [3.63, 3.8) is 0 Å². The first-order valence-corrected chi connectivity index (χ1v) is 11.0. The van der Waals surface area contributed by atoms with E-state index in [1.807, 2.05) is 42.5 Å². The van der Waals surface area contributed by atoms with E-state index >= 15 is 0 Å². The Kier molecular flexibility index (Phi) is 6.73. The van der Waals surface area contributed by atoms with Crippen LogP contribution in [-0.2, 0) is 21.5 Å². The number of fused-ring (bicyclic) bond motifs is 2. The molecule has 0 amide bonds. The van der Waals surface area contributed by atoms with Crippen LogP contribution in [0.2, 0.25) is 0 Å². The Bertz CT molecular complexity index is 944. The zero-order chi connectivity index (χ0) is 21.7. The van der Waals surface area contributed by atoms with E-state index in [2.05, 4.69) is 6.07 Å². The minimum Gasteiger partial charge on any atom is -0.492 e. The van der Waals surface area contributed by atoms with Gasteiger partial charge in [0.2, 0.25) is 0 Å². The second-order valence-corrected chi connectivity index (χ2v) is 8.53. The summed E-state index contributed by atoms with van der Waals surface area (Å²) in [5.41, 5.74) is 9.25. The number of rotatable bonds is 8. The van der Waals surface area contributed by atoms with Gasteiger partial charge >= 0.3 is 0 Å². The SMILES string of the molecule is COCCOc1cccc(/C=C/C(=O)C2CCC3(CC2)COc2ccc(CN)cc23)c1. The summed E-state index contributed by atoms with van der Waals surface area (Å²) in [6, 6.07) is 14.0. The van der Waals surface area contributed by atoms with Gasteiger partial charge in [-0.1, -0.05) is 30.3 Å².